The predicted molar refractivity (Wildman–Crippen MR) is 34.1 cm³/mol. The zero-order valence-electron chi connectivity index (χ0n) is 5.86. The summed E-state index contributed by atoms with van der Waals surface area (Å²) >= 11 is 0. The Hall–Kier alpha value is -0.670. The Morgan fingerprint density at radius 2 is 2.09 bits per heavy atom. The van der Waals surface area contributed by atoms with Gasteiger partial charge in [0.2, 0.25) is 0 Å². The molecule has 0 aliphatic heterocycles. The summed E-state index contributed by atoms with van der Waals surface area (Å²) in [7, 11) is 0. The Balaban J connectivity index is 2.54. The smallest absolute Gasteiger partial charge is 0.392 e. The maximum absolute atomic E-state index is 12.0. The molecule has 0 radical (unpaired) electrons. The second-order valence-electron chi connectivity index (χ2n) is 2.71. The summed E-state index contributed by atoms with van der Waals surface area (Å²) in [6.45, 7) is 0. The number of hydrogen-bond donors (Lipinski definition) is 1. The van der Waals surface area contributed by atoms with Gasteiger partial charge >= 0.3 is 6.18 Å². The maximum Gasteiger partial charge on any atom is 0.392 e. The fraction of sp³-hybridized carbons (Fsp3) is 0.714. The van der Waals surface area contributed by atoms with E-state index in [1.807, 2.05) is 0 Å². The number of hydrogen-bond acceptors (Lipinski definition) is 1. The summed E-state index contributed by atoms with van der Waals surface area (Å²) in [5.41, 5.74) is 0. The van der Waals surface area contributed by atoms with Gasteiger partial charge in [-0.2, -0.15) is 13.2 Å². The lowest BCUT2D eigenvalue weighted by Gasteiger charge is -2.21. The third-order valence-corrected chi connectivity index (χ3v) is 1.85. The van der Waals surface area contributed by atoms with E-state index >= 15 is 0 Å². The first-order valence-electron chi connectivity index (χ1n) is 3.45. The third-order valence-electron chi connectivity index (χ3n) is 1.85. The molecule has 1 unspecified atom stereocenters. The molecule has 0 fully saturated rings. The fourth-order valence-corrected chi connectivity index (χ4v) is 1.12. The highest BCUT2D eigenvalue weighted by molar-refractivity contribution is 4.98. The molecule has 64 valence electrons. The van der Waals surface area contributed by atoms with E-state index in [9.17, 15) is 13.2 Å². The molecule has 0 saturated heterocycles. The number of allylic oxidation sites excluding steroid dienone is 2. The van der Waals surface area contributed by atoms with Crippen LogP contribution in [0, 0.1) is 5.92 Å². The highest BCUT2D eigenvalue weighted by Crippen LogP contribution is 2.36. The molecule has 11 heavy (non-hydrogen) atoms. The lowest BCUT2D eigenvalue weighted by molar-refractivity contribution is -0.176. The second-order valence-corrected chi connectivity index (χ2v) is 2.71. The van der Waals surface area contributed by atoms with Crippen LogP contribution in [-0.2, 0) is 0 Å². The Labute approximate surface area is 62.5 Å². The molecule has 0 saturated carbocycles. The normalized spacial score (nSPS) is 26.5. The van der Waals surface area contributed by atoms with Crippen LogP contribution >= 0.6 is 0 Å². The van der Waals surface area contributed by atoms with Gasteiger partial charge in [-0.25, -0.2) is 0 Å². The van der Waals surface area contributed by atoms with Gasteiger partial charge in [-0.15, -0.1) is 0 Å². The van der Waals surface area contributed by atoms with Crippen LogP contribution < -0.4 is 0 Å². The van der Waals surface area contributed by atoms with Crippen molar-refractivity contribution < 1.29 is 18.3 Å². The highest BCUT2D eigenvalue weighted by Gasteiger charge is 2.39. The zero-order chi connectivity index (χ0) is 8.48. The van der Waals surface area contributed by atoms with Crippen molar-refractivity contribution in [3.63, 3.8) is 0 Å². The molecule has 1 N–H and O–H groups in total. The van der Waals surface area contributed by atoms with Crippen molar-refractivity contribution in [2.75, 3.05) is 0 Å². The standard InChI is InChI=1S/C7H9F3O/c8-7(9,10)5-1-3-6(11)4-2-5/h3,5,11H,1-2,4H2. The molecule has 0 spiro atoms. The molecule has 1 aliphatic carbocycles. The van der Waals surface area contributed by atoms with Crippen molar-refractivity contribution >= 4 is 0 Å². The van der Waals surface area contributed by atoms with Crippen molar-refractivity contribution in [2.24, 2.45) is 5.92 Å². The van der Waals surface area contributed by atoms with Gasteiger partial charge in [-0.1, -0.05) is 0 Å². The number of halogens is 3. The van der Waals surface area contributed by atoms with Crippen LogP contribution in [0.25, 0.3) is 0 Å². The summed E-state index contributed by atoms with van der Waals surface area (Å²) in [6, 6.07) is 0. The number of rotatable bonds is 0. The molecule has 0 heterocycles. The zero-order valence-corrected chi connectivity index (χ0v) is 5.86. The first-order chi connectivity index (χ1) is 5.00. The average Bonchev–Trinajstić information content (AvgIpc) is 1.86. The molecule has 0 bridgehead atoms. The van der Waals surface area contributed by atoms with E-state index in [1.165, 1.54) is 6.08 Å². The Kier molecular flexibility index (Phi) is 2.11. The molecule has 0 amide bonds. The van der Waals surface area contributed by atoms with Gasteiger partial charge < -0.3 is 5.11 Å². The monoisotopic (exact) mass is 166 g/mol. The van der Waals surface area contributed by atoms with Crippen LogP contribution in [0.4, 0.5) is 13.2 Å². The van der Waals surface area contributed by atoms with Crippen LogP contribution in [0.5, 0.6) is 0 Å². The third kappa shape index (κ3) is 2.13. The van der Waals surface area contributed by atoms with Gasteiger partial charge in [-0.3, -0.25) is 0 Å². The number of aliphatic hydroxyl groups excluding tert-OH is 1. The molecular formula is C7H9F3O. The minimum atomic E-state index is -4.10. The SMILES string of the molecule is OC1=CCC(C(F)(F)F)CC1. The van der Waals surface area contributed by atoms with Gasteiger partial charge in [0, 0.05) is 6.42 Å². The van der Waals surface area contributed by atoms with Gasteiger partial charge in [0.05, 0.1) is 11.7 Å². The van der Waals surface area contributed by atoms with Gasteiger partial charge in [0.15, 0.2) is 0 Å². The van der Waals surface area contributed by atoms with Crippen molar-refractivity contribution in [3.05, 3.63) is 11.8 Å². The molecule has 1 nitrogen and oxygen atoms in total. The fourth-order valence-electron chi connectivity index (χ4n) is 1.12. The van der Waals surface area contributed by atoms with Gasteiger partial charge in [0.1, 0.15) is 0 Å². The second kappa shape index (κ2) is 2.75. The summed E-state index contributed by atoms with van der Waals surface area (Å²) in [4.78, 5) is 0. The van der Waals surface area contributed by atoms with E-state index in [0.717, 1.165) is 0 Å². The summed E-state index contributed by atoms with van der Waals surface area (Å²) in [5.74, 6) is -1.16. The van der Waals surface area contributed by atoms with Crippen LogP contribution in [0.1, 0.15) is 19.3 Å². The molecule has 0 aromatic heterocycles. The number of aliphatic hydroxyl groups is 1. The van der Waals surface area contributed by atoms with E-state index in [1.54, 1.807) is 0 Å². The van der Waals surface area contributed by atoms with Gasteiger partial charge in [0.25, 0.3) is 0 Å². The molecular weight excluding hydrogens is 157 g/mol. The summed E-state index contributed by atoms with van der Waals surface area (Å²) in [5, 5.41) is 8.79. The van der Waals surface area contributed by atoms with Crippen molar-refractivity contribution in [1.29, 1.82) is 0 Å². The van der Waals surface area contributed by atoms with E-state index in [4.69, 9.17) is 5.11 Å². The molecule has 1 atom stereocenters. The summed E-state index contributed by atoms with van der Waals surface area (Å²) < 4.78 is 35.9. The quantitative estimate of drug-likeness (QED) is 0.586. The summed E-state index contributed by atoms with van der Waals surface area (Å²) in [6.07, 6.45) is -2.75. The van der Waals surface area contributed by atoms with Crippen LogP contribution in [0.2, 0.25) is 0 Å². The first kappa shape index (κ1) is 8.43. The topological polar surface area (TPSA) is 20.2 Å². The molecule has 4 heteroatoms. The number of alkyl halides is 3. The minimum absolute atomic E-state index is 0.0197. The van der Waals surface area contributed by atoms with Crippen molar-refractivity contribution in [2.45, 2.75) is 25.4 Å². The molecule has 0 aromatic rings. The van der Waals surface area contributed by atoms with E-state index in [0.29, 0.717) is 0 Å². The predicted octanol–water partition coefficient (Wildman–Crippen LogP) is 2.79. The van der Waals surface area contributed by atoms with Crippen LogP contribution in [-0.4, -0.2) is 11.3 Å². The molecule has 0 aromatic carbocycles. The lowest BCUT2D eigenvalue weighted by atomic mass is 9.93. The highest BCUT2D eigenvalue weighted by atomic mass is 19.4. The lowest BCUT2D eigenvalue weighted by Crippen LogP contribution is -2.24. The average molecular weight is 166 g/mol. The Bertz CT molecular complexity index is 171. The Morgan fingerprint density at radius 3 is 2.45 bits per heavy atom. The van der Waals surface area contributed by atoms with Crippen molar-refractivity contribution in [3.8, 4) is 0 Å². The molecule has 1 aliphatic rings. The van der Waals surface area contributed by atoms with Crippen LogP contribution in [0.15, 0.2) is 11.8 Å². The first-order valence-corrected chi connectivity index (χ1v) is 3.45. The maximum atomic E-state index is 12.0. The van der Waals surface area contributed by atoms with Crippen LogP contribution in [0.3, 0.4) is 0 Å². The largest absolute Gasteiger partial charge is 0.513 e. The van der Waals surface area contributed by atoms with E-state index in [2.05, 4.69) is 0 Å². The molecule has 1 rings (SSSR count). The minimum Gasteiger partial charge on any atom is -0.513 e. The van der Waals surface area contributed by atoms with E-state index in [-0.39, 0.29) is 25.0 Å². The Morgan fingerprint density at radius 1 is 1.45 bits per heavy atom. The van der Waals surface area contributed by atoms with Gasteiger partial charge in [-0.05, 0) is 18.9 Å². The van der Waals surface area contributed by atoms with E-state index < -0.39 is 12.1 Å². The van der Waals surface area contributed by atoms with Crippen molar-refractivity contribution in [1.82, 2.24) is 0 Å².